The molecular formula is C9H6N2O2. The second-order valence-electron chi connectivity index (χ2n) is 2.16. The van der Waals surface area contributed by atoms with Crippen LogP contribution in [0.4, 0.5) is 0 Å². The summed E-state index contributed by atoms with van der Waals surface area (Å²) in [6.45, 7) is 0. The van der Waals surface area contributed by atoms with E-state index in [0.717, 1.165) is 0 Å². The van der Waals surface area contributed by atoms with Crippen LogP contribution < -0.4 is 0 Å². The highest BCUT2D eigenvalue weighted by Crippen LogP contribution is 2.02. The number of carbonyl (C=O) groups excluding carboxylic acids is 1. The summed E-state index contributed by atoms with van der Waals surface area (Å²) in [5, 5.41) is 8.16. The molecule has 0 aliphatic heterocycles. The van der Waals surface area contributed by atoms with Crippen molar-refractivity contribution < 1.29 is 9.53 Å². The van der Waals surface area contributed by atoms with E-state index in [0.29, 0.717) is 11.3 Å². The van der Waals surface area contributed by atoms with Crippen LogP contribution in [-0.4, -0.2) is 18.1 Å². The zero-order valence-electron chi connectivity index (χ0n) is 6.92. The molecule has 0 bridgehead atoms. The van der Waals surface area contributed by atoms with Crippen LogP contribution in [0.2, 0.25) is 0 Å². The summed E-state index contributed by atoms with van der Waals surface area (Å²) in [5.41, 5.74) is 0.909. The number of methoxy groups -OCH3 is 1. The number of rotatable bonds is 1. The maximum absolute atomic E-state index is 10.9. The first kappa shape index (κ1) is 8.89. The zero-order valence-corrected chi connectivity index (χ0v) is 6.92. The number of ether oxygens (including phenoxy) is 1. The quantitative estimate of drug-likeness (QED) is 0.502. The number of nitrogens with one attached hydrogen (secondary N) is 1. The van der Waals surface area contributed by atoms with Crippen LogP contribution in [0.25, 0.3) is 0 Å². The number of aromatic nitrogens is 1. The summed E-state index contributed by atoms with van der Waals surface area (Å²) in [5.74, 6) is 4.31. The van der Waals surface area contributed by atoms with Crippen LogP contribution in [0.1, 0.15) is 16.1 Å². The first-order chi connectivity index (χ1) is 6.27. The van der Waals surface area contributed by atoms with Crippen LogP contribution in [0.15, 0.2) is 12.3 Å². The lowest BCUT2D eigenvalue weighted by molar-refractivity contribution is 0.0595. The Morgan fingerprint density at radius 2 is 2.46 bits per heavy atom. The number of aromatic amines is 1. The second kappa shape index (κ2) is 3.99. The van der Waals surface area contributed by atoms with Crippen molar-refractivity contribution in [1.29, 1.82) is 5.26 Å². The van der Waals surface area contributed by atoms with Crippen molar-refractivity contribution in [3.8, 4) is 17.9 Å². The second-order valence-corrected chi connectivity index (χ2v) is 2.16. The van der Waals surface area contributed by atoms with E-state index in [-0.39, 0.29) is 0 Å². The number of nitrogens with zero attached hydrogens (tertiary/aromatic N) is 1. The normalized spacial score (nSPS) is 8.00. The molecule has 0 unspecified atom stereocenters. The number of H-pyrrole nitrogens is 1. The molecule has 0 amide bonds. The first-order valence-corrected chi connectivity index (χ1v) is 3.44. The Morgan fingerprint density at radius 3 is 3.08 bits per heavy atom. The molecule has 0 fully saturated rings. The van der Waals surface area contributed by atoms with Crippen LogP contribution in [0.5, 0.6) is 0 Å². The third-order valence-corrected chi connectivity index (χ3v) is 1.35. The molecular weight excluding hydrogens is 168 g/mol. The highest BCUT2D eigenvalue weighted by molar-refractivity contribution is 5.87. The van der Waals surface area contributed by atoms with Crippen molar-refractivity contribution in [2.24, 2.45) is 0 Å². The molecule has 64 valence electrons. The average molecular weight is 174 g/mol. The number of esters is 1. The van der Waals surface area contributed by atoms with Gasteiger partial charge in [-0.25, -0.2) is 4.79 Å². The molecule has 0 saturated carbocycles. The Hall–Kier alpha value is -2.20. The van der Waals surface area contributed by atoms with Crippen molar-refractivity contribution in [2.75, 3.05) is 7.11 Å². The Kier molecular flexibility index (Phi) is 2.73. The molecule has 1 N–H and O–H groups in total. The van der Waals surface area contributed by atoms with Crippen molar-refractivity contribution in [2.45, 2.75) is 0 Å². The molecule has 1 heterocycles. The summed E-state index contributed by atoms with van der Waals surface area (Å²) in [6, 6.07) is 3.20. The fourth-order valence-electron chi connectivity index (χ4n) is 0.794. The summed E-state index contributed by atoms with van der Waals surface area (Å²) in [6.07, 6.45) is 1.54. The molecule has 1 rings (SSSR count). The van der Waals surface area contributed by atoms with Gasteiger partial charge in [0.15, 0.2) is 6.07 Å². The molecule has 4 heteroatoms. The molecule has 1 aromatic heterocycles. The molecule has 4 nitrogen and oxygen atoms in total. The van der Waals surface area contributed by atoms with Crippen molar-refractivity contribution >= 4 is 5.97 Å². The Balaban J connectivity index is 2.88. The highest BCUT2D eigenvalue weighted by Gasteiger charge is 2.06. The van der Waals surface area contributed by atoms with Gasteiger partial charge in [0.1, 0.15) is 5.69 Å². The number of hydrogen-bond donors (Lipinski definition) is 1. The standard InChI is InChI=1S/C9H6N2O2/c1-13-9(12)8-5-7(6-11-8)3-2-4-10/h5-6,11H,1H3. The SMILES string of the molecule is COC(=O)c1cc(C#CC#N)c[nH]1. The molecule has 0 saturated heterocycles. The van der Waals surface area contributed by atoms with E-state index >= 15 is 0 Å². The molecule has 0 aliphatic rings. The van der Waals surface area contributed by atoms with E-state index < -0.39 is 5.97 Å². The lowest BCUT2D eigenvalue weighted by Crippen LogP contribution is -2.00. The van der Waals surface area contributed by atoms with Gasteiger partial charge in [0.25, 0.3) is 0 Å². The average Bonchev–Trinajstić information content (AvgIpc) is 2.62. The molecule has 0 aromatic carbocycles. The summed E-state index contributed by atoms with van der Waals surface area (Å²) in [4.78, 5) is 13.6. The molecule has 13 heavy (non-hydrogen) atoms. The number of hydrogen-bond acceptors (Lipinski definition) is 3. The molecule has 0 atom stereocenters. The van der Waals surface area contributed by atoms with Crippen molar-refractivity contribution in [3.05, 3.63) is 23.5 Å². The van der Waals surface area contributed by atoms with Crippen LogP contribution in [0, 0.1) is 23.2 Å². The van der Waals surface area contributed by atoms with Crippen molar-refractivity contribution in [3.63, 3.8) is 0 Å². The summed E-state index contributed by atoms with van der Waals surface area (Å²) >= 11 is 0. The van der Waals surface area contributed by atoms with Gasteiger partial charge in [-0.05, 0) is 12.0 Å². The van der Waals surface area contributed by atoms with Crippen LogP contribution >= 0.6 is 0 Å². The minimum atomic E-state index is -0.454. The van der Waals surface area contributed by atoms with Gasteiger partial charge in [-0.1, -0.05) is 0 Å². The fraction of sp³-hybridized carbons (Fsp3) is 0.111. The van der Waals surface area contributed by atoms with E-state index in [9.17, 15) is 4.79 Å². The van der Waals surface area contributed by atoms with Gasteiger partial charge in [0, 0.05) is 17.7 Å². The Labute approximate surface area is 75.1 Å². The molecule has 1 aromatic rings. The monoisotopic (exact) mass is 174 g/mol. The smallest absolute Gasteiger partial charge is 0.354 e. The van der Waals surface area contributed by atoms with E-state index in [1.165, 1.54) is 19.4 Å². The van der Waals surface area contributed by atoms with Crippen molar-refractivity contribution in [1.82, 2.24) is 4.98 Å². The maximum atomic E-state index is 10.9. The first-order valence-electron chi connectivity index (χ1n) is 3.44. The highest BCUT2D eigenvalue weighted by atomic mass is 16.5. The molecule has 0 radical (unpaired) electrons. The summed E-state index contributed by atoms with van der Waals surface area (Å²) < 4.78 is 4.47. The number of carbonyl (C=O) groups is 1. The third-order valence-electron chi connectivity index (χ3n) is 1.35. The zero-order chi connectivity index (χ0) is 9.68. The van der Waals surface area contributed by atoms with Gasteiger partial charge >= 0.3 is 5.97 Å². The van der Waals surface area contributed by atoms with Gasteiger partial charge in [0.2, 0.25) is 0 Å². The van der Waals surface area contributed by atoms with Gasteiger partial charge in [0.05, 0.1) is 7.11 Å². The minimum absolute atomic E-state index is 0.324. The third kappa shape index (κ3) is 2.11. The predicted molar refractivity (Wildman–Crippen MR) is 44.6 cm³/mol. The van der Waals surface area contributed by atoms with E-state index in [1.54, 1.807) is 6.07 Å². The largest absolute Gasteiger partial charge is 0.464 e. The predicted octanol–water partition coefficient (Wildman–Crippen LogP) is 0.676. The van der Waals surface area contributed by atoms with Gasteiger partial charge < -0.3 is 9.72 Å². The van der Waals surface area contributed by atoms with E-state index in [1.807, 2.05) is 0 Å². The Bertz CT molecular complexity index is 415. The Morgan fingerprint density at radius 1 is 1.69 bits per heavy atom. The maximum Gasteiger partial charge on any atom is 0.354 e. The topological polar surface area (TPSA) is 65.9 Å². The molecule has 0 spiro atoms. The van der Waals surface area contributed by atoms with Crippen LogP contribution in [0.3, 0.4) is 0 Å². The van der Waals surface area contributed by atoms with Gasteiger partial charge in [-0.3, -0.25) is 0 Å². The molecule has 0 aliphatic carbocycles. The van der Waals surface area contributed by atoms with E-state index in [4.69, 9.17) is 5.26 Å². The lowest BCUT2D eigenvalue weighted by atomic mass is 10.3. The minimum Gasteiger partial charge on any atom is -0.464 e. The van der Waals surface area contributed by atoms with E-state index in [2.05, 4.69) is 21.6 Å². The fourth-order valence-corrected chi connectivity index (χ4v) is 0.794. The number of nitriles is 1. The van der Waals surface area contributed by atoms with Gasteiger partial charge in [-0.15, -0.1) is 0 Å². The van der Waals surface area contributed by atoms with Crippen LogP contribution in [-0.2, 0) is 4.74 Å². The van der Waals surface area contributed by atoms with Gasteiger partial charge in [-0.2, -0.15) is 5.26 Å². The lowest BCUT2D eigenvalue weighted by Gasteiger charge is -1.91. The summed E-state index contributed by atoms with van der Waals surface area (Å²) in [7, 11) is 1.30.